The molecule has 154 valence electrons. The van der Waals surface area contributed by atoms with Crippen molar-refractivity contribution in [1.82, 2.24) is 9.62 Å². The summed E-state index contributed by atoms with van der Waals surface area (Å²) in [4.78, 5) is 24.8. The van der Waals surface area contributed by atoms with Crippen LogP contribution in [-0.2, 0) is 19.6 Å². The van der Waals surface area contributed by atoms with E-state index in [4.69, 9.17) is 4.74 Å². The fraction of sp³-hybridized carbons (Fsp3) is 0.474. The number of sulfonamides is 1. The number of methoxy groups -OCH3 is 1. The summed E-state index contributed by atoms with van der Waals surface area (Å²) in [5.41, 5.74) is 0.862. The van der Waals surface area contributed by atoms with Crippen LogP contribution in [0.15, 0.2) is 39.8 Å². The first-order chi connectivity index (χ1) is 13.3. The zero-order chi connectivity index (χ0) is 20.7. The summed E-state index contributed by atoms with van der Waals surface area (Å²) in [6.45, 7) is 4.79. The lowest BCUT2D eigenvalue weighted by molar-refractivity contribution is -0.135. The van der Waals surface area contributed by atoms with Gasteiger partial charge in [0.2, 0.25) is 10.0 Å². The van der Waals surface area contributed by atoms with Crippen LogP contribution in [0.1, 0.15) is 43.5 Å². The largest absolute Gasteiger partial charge is 0.465 e. The normalized spacial score (nSPS) is 14.4. The average molecular weight is 427 g/mol. The van der Waals surface area contributed by atoms with Crippen LogP contribution in [0, 0.1) is 0 Å². The maximum atomic E-state index is 12.8. The first kappa shape index (κ1) is 22.4. The van der Waals surface area contributed by atoms with Crippen molar-refractivity contribution in [2.75, 3.05) is 26.0 Å². The summed E-state index contributed by atoms with van der Waals surface area (Å²) in [5.74, 6) is -0.157. The monoisotopic (exact) mass is 426 g/mol. The van der Waals surface area contributed by atoms with E-state index in [1.165, 1.54) is 47.4 Å². The zero-order valence-electron chi connectivity index (χ0n) is 16.4. The highest BCUT2D eigenvalue weighted by atomic mass is 32.2. The van der Waals surface area contributed by atoms with E-state index in [0.29, 0.717) is 41.4 Å². The lowest BCUT2D eigenvalue weighted by Crippen LogP contribution is -2.32. The Bertz CT molecular complexity index is 842. The molecule has 0 unspecified atom stereocenters. The molecule has 0 saturated heterocycles. The number of carbonyl (C=O) groups is 2. The van der Waals surface area contributed by atoms with E-state index in [9.17, 15) is 18.0 Å². The van der Waals surface area contributed by atoms with Crippen LogP contribution in [0.3, 0.4) is 0 Å². The molecule has 7 nitrogen and oxygen atoms in total. The number of hydrogen-bond acceptors (Lipinski definition) is 6. The van der Waals surface area contributed by atoms with Gasteiger partial charge in [0.25, 0.3) is 5.91 Å². The number of allylic oxidation sites excluding steroid dienone is 1. The molecule has 0 aromatic heterocycles. The summed E-state index contributed by atoms with van der Waals surface area (Å²) in [6.07, 6.45) is 2.03. The number of esters is 1. The first-order valence-electron chi connectivity index (χ1n) is 9.21. The molecule has 0 radical (unpaired) electrons. The molecule has 0 atom stereocenters. The third-order valence-corrected chi connectivity index (χ3v) is 7.23. The van der Waals surface area contributed by atoms with Crippen LogP contribution >= 0.6 is 11.8 Å². The molecular weight excluding hydrogens is 400 g/mol. The molecule has 1 amide bonds. The number of rotatable bonds is 9. The molecule has 2 rings (SSSR count). The highest BCUT2D eigenvalue weighted by Gasteiger charge is 2.25. The Balaban J connectivity index is 2.17. The van der Waals surface area contributed by atoms with Gasteiger partial charge in [0.15, 0.2) is 0 Å². The van der Waals surface area contributed by atoms with Gasteiger partial charge in [-0.15, -0.1) is 11.8 Å². The predicted molar refractivity (Wildman–Crippen MR) is 109 cm³/mol. The first-order valence-corrected chi connectivity index (χ1v) is 11.6. The maximum absolute atomic E-state index is 12.8. The number of thioether (sulfide) groups is 1. The number of amides is 1. The molecule has 0 fully saturated rings. The molecule has 0 bridgehead atoms. The number of hydrogen-bond donors (Lipinski definition) is 1. The predicted octanol–water partition coefficient (Wildman–Crippen LogP) is 2.75. The molecule has 28 heavy (non-hydrogen) atoms. The minimum Gasteiger partial charge on any atom is -0.465 e. The highest BCUT2D eigenvalue weighted by molar-refractivity contribution is 8.04. The molecular formula is C19H26N2O5S2. The number of carbonyl (C=O) groups excluding carboxylic acids is 2. The van der Waals surface area contributed by atoms with Crippen molar-refractivity contribution in [2.45, 2.75) is 38.0 Å². The summed E-state index contributed by atoms with van der Waals surface area (Å²) < 4.78 is 31.8. The lowest BCUT2D eigenvalue weighted by atomic mass is 10.2. The summed E-state index contributed by atoms with van der Waals surface area (Å²) in [5, 5.41) is 2.74. The molecule has 9 heteroatoms. The van der Waals surface area contributed by atoms with Gasteiger partial charge in [0.05, 0.1) is 12.0 Å². The molecule has 0 spiro atoms. The minimum absolute atomic E-state index is 0.164. The number of ether oxygens (including phenoxy) is 1. The Kier molecular flexibility index (Phi) is 8.09. The van der Waals surface area contributed by atoms with Crippen LogP contribution < -0.4 is 5.32 Å². The Morgan fingerprint density at radius 1 is 1.14 bits per heavy atom. The molecule has 1 aromatic carbocycles. The molecule has 1 N–H and O–H groups in total. The Labute approximate surface area is 170 Å². The van der Waals surface area contributed by atoms with Crippen molar-refractivity contribution >= 4 is 33.7 Å². The summed E-state index contributed by atoms with van der Waals surface area (Å²) in [7, 11) is -2.29. The fourth-order valence-corrected chi connectivity index (χ4v) is 5.50. The van der Waals surface area contributed by atoms with Gasteiger partial charge in [-0.25, -0.2) is 13.2 Å². The van der Waals surface area contributed by atoms with Gasteiger partial charge < -0.3 is 10.1 Å². The Morgan fingerprint density at radius 3 is 2.29 bits per heavy atom. The van der Waals surface area contributed by atoms with Gasteiger partial charge in [-0.1, -0.05) is 13.8 Å². The molecule has 0 aliphatic carbocycles. The van der Waals surface area contributed by atoms with Gasteiger partial charge in [0.1, 0.15) is 4.91 Å². The second-order valence-electron chi connectivity index (χ2n) is 6.28. The molecule has 1 aliphatic rings. The van der Waals surface area contributed by atoms with E-state index >= 15 is 0 Å². The number of benzene rings is 1. The van der Waals surface area contributed by atoms with Crippen molar-refractivity contribution < 1.29 is 22.7 Å². The third-order valence-electron chi connectivity index (χ3n) is 4.21. The molecule has 0 saturated carbocycles. The second-order valence-corrected chi connectivity index (χ2v) is 9.32. The number of nitrogens with one attached hydrogen (secondary N) is 1. The average Bonchev–Trinajstić information content (AvgIpc) is 3.15. The molecule has 1 aromatic rings. The molecule has 1 aliphatic heterocycles. The SMILES string of the molecule is CCCN(CCC)S(=O)(=O)c1ccc(C(=O)NC2=C(C(=O)OC)SCC2)cc1. The highest BCUT2D eigenvalue weighted by Crippen LogP contribution is 2.30. The number of nitrogens with zero attached hydrogens (tertiary/aromatic N) is 1. The van der Waals surface area contributed by atoms with Crippen molar-refractivity contribution in [1.29, 1.82) is 0 Å². The second kappa shape index (κ2) is 10.1. The standard InChI is InChI=1S/C19H26N2O5S2/c1-4-11-21(12-5-2)28(24,25)15-8-6-14(7-9-15)18(22)20-16-10-13-27-17(16)19(23)26-3/h6-9H,4-5,10-13H2,1-3H3,(H,20,22). The van der Waals surface area contributed by atoms with Gasteiger partial charge in [0, 0.05) is 30.1 Å². The van der Waals surface area contributed by atoms with Crippen molar-refractivity contribution in [2.24, 2.45) is 0 Å². The van der Waals surface area contributed by atoms with E-state index < -0.39 is 16.0 Å². The Hall–Kier alpha value is -1.84. The lowest BCUT2D eigenvalue weighted by Gasteiger charge is -2.21. The zero-order valence-corrected chi connectivity index (χ0v) is 18.0. The topological polar surface area (TPSA) is 92.8 Å². The van der Waals surface area contributed by atoms with Gasteiger partial charge in [-0.2, -0.15) is 4.31 Å². The van der Waals surface area contributed by atoms with Crippen molar-refractivity contribution in [3.05, 3.63) is 40.4 Å². The van der Waals surface area contributed by atoms with E-state index in [2.05, 4.69) is 5.32 Å². The van der Waals surface area contributed by atoms with Crippen LogP contribution in [-0.4, -0.2) is 50.6 Å². The van der Waals surface area contributed by atoms with E-state index in [1.54, 1.807) is 0 Å². The maximum Gasteiger partial charge on any atom is 0.346 e. The van der Waals surface area contributed by atoms with E-state index in [1.807, 2.05) is 13.8 Å². The van der Waals surface area contributed by atoms with Gasteiger partial charge in [-0.05, 0) is 43.5 Å². The molecule has 1 heterocycles. The van der Waals surface area contributed by atoms with E-state index in [0.717, 1.165) is 12.8 Å². The third kappa shape index (κ3) is 5.15. The quantitative estimate of drug-likeness (QED) is 0.611. The van der Waals surface area contributed by atoms with Crippen LogP contribution in [0.25, 0.3) is 0 Å². The van der Waals surface area contributed by atoms with Gasteiger partial charge >= 0.3 is 5.97 Å². The van der Waals surface area contributed by atoms with Crippen LogP contribution in [0.2, 0.25) is 0 Å². The fourth-order valence-electron chi connectivity index (χ4n) is 2.84. The summed E-state index contributed by atoms with van der Waals surface area (Å²) in [6, 6.07) is 5.86. The van der Waals surface area contributed by atoms with Crippen LogP contribution in [0.5, 0.6) is 0 Å². The van der Waals surface area contributed by atoms with Crippen molar-refractivity contribution in [3.63, 3.8) is 0 Å². The minimum atomic E-state index is -3.59. The van der Waals surface area contributed by atoms with Crippen LogP contribution in [0.4, 0.5) is 0 Å². The van der Waals surface area contributed by atoms with Gasteiger partial charge in [-0.3, -0.25) is 4.79 Å². The van der Waals surface area contributed by atoms with E-state index in [-0.39, 0.29) is 10.8 Å². The summed E-state index contributed by atoms with van der Waals surface area (Å²) >= 11 is 1.34. The Morgan fingerprint density at radius 2 is 1.75 bits per heavy atom. The van der Waals surface area contributed by atoms with Crippen molar-refractivity contribution in [3.8, 4) is 0 Å². The smallest absolute Gasteiger partial charge is 0.346 e.